The van der Waals surface area contributed by atoms with Gasteiger partial charge in [-0.2, -0.15) is 0 Å². The minimum Gasteiger partial charge on any atom is -0.483 e. The van der Waals surface area contributed by atoms with E-state index in [1.54, 1.807) is 0 Å². The van der Waals surface area contributed by atoms with Gasteiger partial charge in [0, 0.05) is 34.1 Å². The standard InChI is InChI=1S/C23H32N2O4/c1-7-15-10-20(27)29-21-14(2)18(9-8-17(15)21)28-13-19(26)24-16-11-22(3,4)25-23(5,6)12-16/h8-10,16,25H,7,11-13H2,1-6H3,(H,24,26). The van der Waals surface area contributed by atoms with Crippen LogP contribution >= 0.6 is 0 Å². The monoisotopic (exact) mass is 400 g/mol. The van der Waals surface area contributed by atoms with E-state index in [1.165, 1.54) is 6.07 Å². The van der Waals surface area contributed by atoms with E-state index in [1.807, 2.05) is 26.0 Å². The zero-order valence-electron chi connectivity index (χ0n) is 18.3. The van der Waals surface area contributed by atoms with Gasteiger partial charge < -0.3 is 19.8 Å². The number of hydrogen-bond donors (Lipinski definition) is 2. The molecule has 1 aliphatic rings. The number of nitrogens with one attached hydrogen (secondary N) is 2. The van der Waals surface area contributed by atoms with E-state index < -0.39 is 0 Å². The maximum atomic E-state index is 12.5. The summed E-state index contributed by atoms with van der Waals surface area (Å²) in [7, 11) is 0. The minimum absolute atomic E-state index is 0.0377. The fraction of sp³-hybridized carbons (Fsp3) is 0.565. The molecule has 0 saturated carbocycles. The van der Waals surface area contributed by atoms with Crippen LogP contribution in [0.5, 0.6) is 5.75 Å². The molecular formula is C23H32N2O4. The molecule has 158 valence electrons. The second-order valence-electron chi connectivity index (χ2n) is 9.36. The van der Waals surface area contributed by atoms with Crippen LogP contribution in [0.2, 0.25) is 0 Å². The molecule has 0 unspecified atom stereocenters. The van der Waals surface area contributed by atoms with Crippen molar-refractivity contribution in [1.29, 1.82) is 0 Å². The van der Waals surface area contributed by atoms with E-state index in [-0.39, 0.29) is 35.3 Å². The van der Waals surface area contributed by atoms with Crippen LogP contribution in [0.15, 0.2) is 27.4 Å². The molecule has 1 aliphatic heterocycles. The van der Waals surface area contributed by atoms with E-state index in [9.17, 15) is 9.59 Å². The number of rotatable bonds is 5. The van der Waals surface area contributed by atoms with Crippen LogP contribution in [-0.4, -0.2) is 29.6 Å². The summed E-state index contributed by atoms with van der Waals surface area (Å²) in [6.45, 7) is 12.4. The summed E-state index contributed by atoms with van der Waals surface area (Å²) >= 11 is 0. The summed E-state index contributed by atoms with van der Waals surface area (Å²) in [6.07, 6.45) is 2.47. The topological polar surface area (TPSA) is 80.6 Å². The predicted octanol–water partition coefficient (Wildman–Crippen LogP) is 3.47. The Labute approximate surface area is 172 Å². The van der Waals surface area contributed by atoms with Crippen molar-refractivity contribution in [3.05, 3.63) is 39.7 Å². The molecule has 1 aromatic heterocycles. The largest absolute Gasteiger partial charge is 0.483 e. The highest BCUT2D eigenvalue weighted by molar-refractivity contribution is 5.85. The molecule has 0 radical (unpaired) electrons. The highest BCUT2D eigenvalue weighted by Crippen LogP contribution is 2.30. The Hall–Kier alpha value is -2.34. The molecule has 2 N–H and O–H groups in total. The molecule has 2 aromatic rings. The van der Waals surface area contributed by atoms with Crippen molar-refractivity contribution in [2.75, 3.05) is 6.61 Å². The minimum atomic E-state index is -0.372. The fourth-order valence-electron chi connectivity index (χ4n) is 4.69. The first-order valence-electron chi connectivity index (χ1n) is 10.3. The molecule has 0 bridgehead atoms. The number of fused-ring (bicyclic) bond motifs is 1. The SMILES string of the molecule is CCc1cc(=O)oc2c(C)c(OCC(=O)NC3CC(C)(C)NC(C)(C)C3)ccc12. The van der Waals surface area contributed by atoms with Crippen molar-refractivity contribution < 1.29 is 13.9 Å². The quantitative estimate of drug-likeness (QED) is 0.751. The molecule has 0 aliphatic carbocycles. The molecule has 6 nitrogen and oxygen atoms in total. The molecule has 1 fully saturated rings. The smallest absolute Gasteiger partial charge is 0.336 e. The first kappa shape index (κ1) is 21.4. The van der Waals surface area contributed by atoms with Crippen LogP contribution in [-0.2, 0) is 11.2 Å². The van der Waals surface area contributed by atoms with Crippen LogP contribution in [0.25, 0.3) is 11.0 Å². The molecule has 1 saturated heterocycles. The van der Waals surface area contributed by atoms with Gasteiger partial charge in [-0.1, -0.05) is 6.92 Å². The number of hydrogen-bond acceptors (Lipinski definition) is 5. The van der Waals surface area contributed by atoms with Gasteiger partial charge in [-0.15, -0.1) is 0 Å². The van der Waals surface area contributed by atoms with E-state index >= 15 is 0 Å². The predicted molar refractivity (Wildman–Crippen MR) is 115 cm³/mol. The number of ether oxygens (including phenoxy) is 1. The zero-order valence-corrected chi connectivity index (χ0v) is 18.3. The number of benzene rings is 1. The number of amides is 1. The molecule has 3 rings (SSSR count). The Balaban J connectivity index is 1.70. The lowest BCUT2D eigenvalue weighted by atomic mass is 9.79. The highest BCUT2D eigenvalue weighted by atomic mass is 16.5. The lowest BCUT2D eigenvalue weighted by Gasteiger charge is -2.46. The second kappa shape index (κ2) is 7.82. The summed E-state index contributed by atoms with van der Waals surface area (Å²) in [4.78, 5) is 24.3. The van der Waals surface area contributed by atoms with Gasteiger partial charge in [-0.05, 0) is 71.6 Å². The molecule has 0 spiro atoms. The lowest BCUT2D eigenvalue weighted by Crippen LogP contribution is -2.62. The first-order chi connectivity index (χ1) is 13.5. The van der Waals surface area contributed by atoms with E-state index in [0.717, 1.165) is 35.8 Å². The summed E-state index contributed by atoms with van der Waals surface area (Å²) in [5, 5.41) is 7.62. The number of aryl methyl sites for hydroxylation is 2. The van der Waals surface area contributed by atoms with Crippen molar-refractivity contribution >= 4 is 16.9 Å². The molecule has 29 heavy (non-hydrogen) atoms. The summed E-state index contributed by atoms with van der Waals surface area (Å²) in [5.74, 6) is 0.404. The maximum absolute atomic E-state index is 12.5. The molecule has 1 amide bonds. The fourth-order valence-corrected chi connectivity index (χ4v) is 4.69. The van der Waals surface area contributed by atoms with E-state index in [2.05, 4.69) is 38.3 Å². The summed E-state index contributed by atoms with van der Waals surface area (Å²) < 4.78 is 11.2. The summed E-state index contributed by atoms with van der Waals surface area (Å²) in [5.41, 5.74) is 1.75. The Morgan fingerprint density at radius 3 is 2.52 bits per heavy atom. The Kier molecular flexibility index (Phi) is 5.77. The average Bonchev–Trinajstić information content (AvgIpc) is 2.58. The Morgan fingerprint density at radius 2 is 1.90 bits per heavy atom. The maximum Gasteiger partial charge on any atom is 0.336 e. The van der Waals surface area contributed by atoms with Crippen LogP contribution in [0.1, 0.15) is 58.6 Å². The van der Waals surface area contributed by atoms with Crippen LogP contribution in [0, 0.1) is 6.92 Å². The van der Waals surface area contributed by atoms with Gasteiger partial charge in [0.15, 0.2) is 6.61 Å². The molecular weight excluding hydrogens is 368 g/mol. The third-order valence-corrected chi connectivity index (χ3v) is 5.49. The average molecular weight is 401 g/mol. The van der Waals surface area contributed by atoms with Crippen molar-refractivity contribution in [1.82, 2.24) is 10.6 Å². The number of piperidine rings is 1. The van der Waals surface area contributed by atoms with Gasteiger partial charge in [-0.25, -0.2) is 4.79 Å². The van der Waals surface area contributed by atoms with Crippen molar-refractivity contribution in [3.63, 3.8) is 0 Å². The normalized spacial score (nSPS) is 18.6. The Bertz CT molecular complexity index is 959. The van der Waals surface area contributed by atoms with Gasteiger partial charge in [0.05, 0.1) is 0 Å². The van der Waals surface area contributed by atoms with Crippen molar-refractivity contribution in [2.24, 2.45) is 0 Å². The summed E-state index contributed by atoms with van der Waals surface area (Å²) in [6, 6.07) is 5.34. The van der Waals surface area contributed by atoms with Crippen LogP contribution in [0.4, 0.5) is 0 Å². The zero-order chi connectivity index (χ0) is 21.4. The number of carbonyl (C=O) groups excluding carboxylic acids is 1. The molecule has 1 aromatic carbocycles. The third kappa shape index (κ3) is 4.99. The highest BCUT2D eigenvalue weighted by Gasteiger charge is 2.38. The molecule has 0 atom stereocenters. The van der Waals surface area contributed by atoms with Crippen molar-refractivity contribution in [2.45, 2.75) is 77.9 Å². The van der Waals surface area contributed by atoms with Gasteiger partial charge in [0.25, 0.3) is 5.91 Å². The Morgan fingerprint density at radius 1 is 1.24 bits per heavy atom. The number of carbonyl (C=O) groups is 1. The first-order valence-corrected chi connectivity index (χ1v) is 10.3. The lowest BCUT2D eigenvalue weighted by molar-refractivity contribution is -0.124. The van der Waals surface area contributed by atoms with E-state index in [0.29, 0.717) is 11.3 Å². The van der Waals surface area contributed by atoms with Crippen LogP contribution < -0.4 is 21.0 Å². The molecule has 2 heterocycles. The van der Waals surface area contributed by atoms with Crippen molar-refractivity contribution in [3.8, 4) is 5.75 Å². The second-order valence-corrected chi connectivity index (χ2v) is 9.36. The van der Waals surface area contributed by atoms with Gasteiger partial charge in [-0.3, -0.25) is 4.79 Å². The third-order valence-electron chi connectivity index (χ3n) is 5.49. The van der Waals surface area contributed by atoms with Gasteiger partial charge >= 0.3 is 5.63 Å². The van der Waals surface area contributed by atoms with Gasteiger partial charge in [0.2, 0.25) is 0 Å². The molecule has 6 heteroatoms. The van der Waals surface area contributed by atoms with Gasteiger partial charge in [0.1, 0.15) is 11.3 Å². The van der Waals surface area contributed by atoms with E-state index in [4.69, 9.17) is 9.15 Å². The van der Waals surface area contributed by atoms with Crippen LogP contribution in [0.3, 0.4) is 0 Å².